The van der Waals surface area contributed by atoms with Gasteiger partial charge in [-0.05, 0) is 89.8 Å². The zero-order valence-corrected chi connectivity index (χ0v) is 23.4. The van der Waals surface area contributed by atoms with Crippen molar-refractivity contribution < 1.29 is 14.3 Å². The van der Waals surface area contributed by atoms with Gasteiger partial charge in [0.15, 0.2) is 0 Å². The first-order valence-corrected chi connectivity index (χ1v) is 14.9. The molecule has 3 N–H and O–H groups in total. The topological polar surface area (TPSA) is 81.4 Å². The number of ether oxygens (including phenoxy) is 1. The summed E-state index contributed by atoms with van der Waals surface area (Å²) in [6.45, 7) is 1.41. The highest BCUT2D eigenvalue weighted by molar-refractivity contribution is 5.86. The molecule has 208 valence electrons. The number of hydrogen-bond acceptors (Lipinski definition) is 4. The summed E-state index contributed by atoms with van der Waals surface area (Å²) in [6.07, 6.45) is 7.57. The van der Waals surface area contributed by atoms with Gasteiger partial charge in [0.05, 0.1) is 18.9 Å². The van der Waals surface area contributed by atoms with Gasteiger partial charge in [-0.15, -0.1) is 0 Å². The van der Waals surface area contributed by atoms with E-state index in [2.05, 4.69) is 53.8 Å². The van der Waals surface area contributed by atoms with Crippen LogP contribution in [0.3, 0.4) is 0 Å². The lowest BCUT2D eigenvalue weighted by Crippen LogP contribution is -2.34. The molecule has 2 fully saturated rings. The number of hydrogen-bond donors (Lipinski definition) is 2. The summed E-state index contributed by atoms with van der Waals surface area (Å²) in [5, 5.41) is 2.95. The van der Waals surface area contributed by atoms with Gasteiger partial charge in [-0.3, -0.25) is 9.59 Å². The number of amides is 1. The Morgan fingerprint density at radius 3 is 1.93 bits per heavy atom. The molecule has 1 saturated carbocycles. The number of fused-ring (bicyclic) bond motifs is 11. The van der Waals surface area contributed by atoms with Crippen molar-refractivity contribution in [3.05, 3.63) is 106 Å². The van der Waals surface area contributed by atoms with Crippen molar-refractivity contribution >= 4 is 11.9 Å². The summed E-state index contributed by atoms with van der Waals surface area (Å²) in [5.74, 6) is 2.76. The molecule has 4 bridgehead atoms. The maximum Gasteiger partial charge on any atom is 0.313 e. The van der Waals surface area contributed by atoms with Crippen LogP contribution in [0.25, 0.3) is 0 Å². The number of piperidine rings is 1. The first-order valence-electron chi connectivity index (χ1n) is 14.9. The van der Waals surface area contributed by atoms with Gasteiger partial charge in [0, 0.05) is 12.5 Å². The molecule has 0 radical (unpaired) electrons. The summed E-state index contributed by atoms with van der Waals surface area (Å²) in [6, 6.07) is 25.4. The monoisotopic (exact) mass is 536 g/mol. The first kappa shape index (κ1) is 26.8. The maximum atomic E-state index is 11.6. The third-order valence-electron chi connectivity index (χ3n) is 9.82. The van der Waals surface area contributed by atoms with E-state index >= 15 is 0 Å². The third-order valence-corrected chi connectivity index (χ3v) is 9.82. The van der Waals surface area contributed by atoms with Gasteiger partial charge in [0.2, 0.25) is 5.91 Å². The van der Waals surface area contributed by atoms with E-state index in [0.717, 1.165) is 36.8 Å². The van der Waals surface area contributed by atoms with Gasteiger partial charge < -0.3 is 15.8 Å². The molecule has 0 spiro atoms. The number of esters is 1. The van der Waals surface area contributed by atoms with E-state index in [1.54, 1.807) is 11.1 Å². The Morgan fingerprint density at radius 2 is 1.32 bits per heavy atom. The van der Waals surface area contributed by atoms with Gasteiger partial charge in [-0.25, -0.2) is 0 Å². The van der Waals surface area contributed by atoms with Crippen LogP contribution in [0.4, 0.5) is 0 Å². The lowest BCUT2D eigenvalue weighted by molar-refractivity contribution is -0.142. The van der Waals surface area contributed by atoms with E-state index in [-0.39, 0.29) is 23.7 Å². The maximum absolute atomic E-state index is 11.6. The quantitative estimate of drug-likeness (QED) is 0.381. The predicted molar refractivity (Wildman–Crippen MR) is 158 cm³/mol. The van der Waals surface area contributed by atoms with Crippen molar-refractivity contribution in [2.45, 2.75) is 74.0 Å². The molecule has 40 heavy (non-hydrogen) atoms. The highest BCUT2D eigenvalue weighted by atomic mass is 16.5. The van der Waals surface area contributed by atoms with Crippen LogP contribution in [-0.4, -0.2) is 32.1 Å². The number of carbonyl (C=O) groups is 2. The molecule has 5 heteroatoms. The molecule has 6 unspecified atom stereocenters. The van der Waals surface area contributed by atoms with Crippen molar-refractivity contribution in [2.75, 3.05) is 20.2 Å². The van der Waals surface area contributed by atoms with E-state index in [4.69, 9.17) is 10.5 Å². The number of nitrogens with two attached hydrogens (primary N) is 1. The standard InChI is InChI=1S/C12H15NO2.C12H14.C11H11NO/c1-15-12(14)11-6-8(7-13)9-4-2-3-5-10(9)11;1-2-7-12-10-5-3-4-9(8-10)11(12)6-1;13-11-10-5-7(6-12-11)8-3-1-2-4-9(8)10/h2-5,8,11H,6-7,13H2,1H3;1-2,6-7,9-10H,3-5,8H2;1-4,7,10H,5-6H2,(H,12,13). The van der Waals surface area contributed by atoms with Crippen LogP contribution >= 0.6 is 0 Å². The summed E-state index contributed by atoms with van der Waals surface area (Å²) < 4.78 is 4.80. The minimum Gasteiger partial charge on any atom is -0.469 e. The third kappa shape index (κ3) is 4.96. The Labute approximate surface area is 237 Å². The van der Waals surface area contributed by atoms with E-state index in [1.165, 1.54) is 49.5 Å². The molecule has 1 aliphatic heterocycles. The molecule has 8 rings (SSSR count). The molecule has 6 atom stereocenters. The molecule has 0 aromatic heterocycles. The summed E-state index contributed by atoms with van der Waals surface area (Å²) in [4.78, 5) is 23.1. The largest absolute Gasteiger partial charge is 0.469 e. The second-order valence-electron chi connectivity index (χ2n) is 11.9. The normalized spacial score (nSPS) is 28.0. The van der Waals surface area contributed by atoms with Gasteiger partial charge in [-0.2, -0.15) is 0 Å². The van der Waals surface area contributed by atoms with Gasteiger partial charge in [-0.1, -0.05) is 79.2 Å². The zero-order valence-electron chi connectivity index (χ0n) is 23.4. The second-order valence-corrected chi connectivity index (χ2v) is 11.9. The molecule has 1 amide bonds. The van der Waals surface area contributed by atoms with E-state index in [0.29, 0.717) is 18.4 Å². The predicted octanol–water partition coefficient (Wildman–Crippen LogP) is 6.22. The Balaban J connectivity index is 0.000000109. The smallest absolute Gasteiger partial charge is 0.313 e. The fourth-order valence-electron chi connectivity index (χ4n) is 7.86. The van der Waals surface area contributed by atoms with Crippen molar-refractivity contribution in [3.63, 3.8) is 0 Å². The number of nitrogens with one attached hydrogen (secondary N) is 1. The SMILES string of the molecule is COC(=O)C1CC(CN)c2ccccc21.O=C1NCC2CC1c1ccccc12.c1ccc2c(c1)C1CCCC2C1. The minimum absolute atomic E-state index is 0.125. The lowest BCUT2D eigenvalue weighted by Gasteiger charge is -2.19. The van der Waals surface area contributed by atoms with Crippen LogP contribution in [0.2, 0.25) is 0 Å². The van der Waals surface area contributed by atoms with Crippen molar-refractivity contribution in [1.82, 2.24) is 5.32 Å². The van der Waals surface area contributed by atoms with E-state index in [9.17, 15) is 9.59 Å². The fraction of sp³-hybridized carbons (Fsp3) is 0.429. The second kappa shape index (κ2) is 11.6. The number of carbonyl (C=O) groups excluding carboxylic acids is 2. The summed E-state index contributed by atoms with van der Waals surface area (Å²) >= 11 is 0. The Bertz CT molecular complexity index is 1360. The highest BCUT2D eigenvalue weighted by Gasteiger charge is 2.39. The average Bonchev–Trinajstić information content (AvgIpc) is 3.63. The molecular formula is C35H40N2O3. The molecule has 1 saturated heterocycles. The average molecular weight is 537 g/mol. The Hall–Kier alpha value is -3.44. The van der Waals surface area contributed by atoms with Crippen LogP contribution in [0.5, 0.6) is 0 Å². The van der Waals surface area contributed by atoms with Gasteiger partial charge in [0.1, 0.15) is 0 Å². The van der Waals surface area contributed by atoms with Crippen molar-refractivity contribution in [1.29, 1.82) is 0 Å². The fourth-order valence-corrected chi connectivity index (χ4v) is 7.86. The molecule has 3 aromatic rings. The van der Waals surface area contributed by atoms with Crippen LogP contribution in [-0.2, 0) is 14.3 Å². The van der Waals surface area contributed by atoms with Crippen LogP contribution in [0, 0.1) is 0 Å². The number of benzene rings is 3. The van der Waals surface area contributed by atoms with Crippen LogP contribution in [0.15, 0.2) is 72.8 Å². The highest BCUT2D eigenvalue weighted by Crippen LogP contribution is 2.50. The Morgan fingerprint density at radius 1 is 0.775 bits per heavy atom. The lowest BCUT2D eigenvalue weighted by atomic mass is 9.87. The molecule has 1 heterocycles. The van der Waals surface area contributed by atoms with Crippen LogP contribution in [0.1, 0.15) is 107 Å². The Kier molecular flexibility index (Phi) is 7.75. The molecule has 5 nitrogen and oxygen atoms in total. The van der Waals surface area contributed by atoms with Crippen molar-refractivity contribution in [2.24, 2.45) is 5.73 Å². The molecule has 3 aromatic carbocycles. The molecule has 4 aliphatic carbocycles. The summed E-state index contributed by atoms with van der Waals surface area (Å²) in [5.41, 5.74) is 14.0. The van der Waals surface area contributed by atoms with Gasteiger partial charge >= 0.3 is 5.97 Å². The number of rotatable bonds is 2. The molecule has 5 aliphatic rings. The van der Waals surface area contributed by atoms with Crippen molar-refractivity contribution in [3.8, 4) is 0 Å². The first-order chi connectivity index (χ1) is 19.6. The van der Waals surface area contributed by atoms with E-state index < -0.39 is 0 Å². The van der Waals surface area contributed by atoms with E-state index in [1.807, 2.05) is 24.3 Å². The number of methoxy groups -OCH3 is 1. The zero-order chi connectivity index (χ0) is 27.6. The summed E-state index contributed by atoms with van der Waals surface area (Å²) in [7, 11) is 1.43. The molecular weight excluding hydrogens is 496 g/mol. The van der Waals surface area contributed by atoms with Gasteiger partial charge in [0.25, 0.3) is 0 Å². The van der Waals surface area contributed by atoms with Crippen LogP contribution < -0.4 is 11.1 Å². The minimum atomic E-state index is -0.154.